The fourth-order valence-electron chi connectivity index (χ4n) is 5.28. The van der Waals surface area contributed by atoms with E-state index in [0.717, 1.165) is 25.9 Å². The van der Waals surface area contributed by atoms with Crippen LogP contribution in [0.25, 0.3) is 0 Å². The number of aliphatic hydroxyl groups excluding tert-OH is 1. The summed E-state index contributed by atoms with van der Waals surface area (Å²) in [5, 5.41) is 18.4. The van der Waals surface area contributed by atoms with Crippen molar-refractivity contribution < 1.29 is 19.0 Å². The number of carbonyl (C=O) groups is 1. The van der Waals surface area contributed by atoms with Gasteiger partial charge in [-0.15, -0.1) is 0 Å². The Morgan fingerprint density at radius 2 is 1.97 bits per heavy atom. The van der Waals surface area contributed by atoms with E-state index in [1.807, 2.05) is 0 Å². The lowest BCUT2D eigenvalue weighted by Crippen LogP contribution is -2.56. The molecule has 2 fully saturated rings. The number of aliphatic hydroxyl groups is 1. The average Bonchev–Trinajstić information content (AvgIpc) is 3.37. The molecule has 33 heavy (non-hydrogen) atoms. The summed E-state index contributed by atoms with van der Waals surface area (Å²) in [7, 11) is 0. The van der Waals surface area contributed by atoms with Crippen LogP contribution >= 0.6 is 0 Å². The molecular formula is C25H35FN4O3. The van der Waals surface area contributed by atoms with Crippen LogP contribution in [0.5, 0.6) is 5.75 Å². The summed E-state index contributed by atoms with van der Waals surface area (Å²) >= 11 is 0. The van der Waals surface area contributed by atoms with E-state index in [0.29, 0.717) is 12.3 Å². The highest BCUT2D eigenvalue weighted by atomic mass is 19.1. The number of hydrogen-bond acceptors (Lipinski definition) is 5. The number of piperidine rings is 1. The van der Waals surface area contributed by atoms with Gasteiger partial charge >= 0.3 is 0 Å². The van der Waals surface area contributed by atoms with Gasteiger partial charge in [0.25, 0.3) is 0 Å². The van der Waals surface area contributed by atoms with Crippen molar-refractivity contribution >= 4 is 5.91 Å². The van der Waals surface area contributed by atoms with E-state index in [-0.39, 0.29) is 35.7 Å². The number of carbonyl (C=O) groups excluding carboxylic acids is 1. The lowest BCUT2D eigenvalue weighted by atomic mass is 9.75. The summed E-state index contributed by atoms with van der Waals surface area (Å²) in [6.45, 7) is 8.62. The standard InChI is InChI=1S/C25H35FN4O3/c1-25(2,3)17-9-13-29(14-10-17)23-19(28-22(31)16-30-12-6-11-27-30)15-21(24(23)32)33-20-8-5-4-7-18(20)26/h4-8,11-12,17,19,21,23-24,32H,9-10,13-16H2,1-3H3,(H,28,31)/t19-,21-,23+,24+/m1/s1. The molecule has 1 aliphatic heterocycles. The van der Waals surface area contributed by atoms with E-state index < -0.39 is 18.0 Å². The number of rotatable bonds is 6. The number of likely N-dealkylation sites (tertiary alicyclic amines) is 1. The van der Waals surface area contributed by atoms with Gasteiger partial charge in [-0.1, -0.05) is 32.9 Å². The van der Waals surface area contributed by atoms with Crippen LogP contribution in [0, 0.1) is 17.2 Å². The molecule has 0 bridgehead atoms. The maximum absolute atomic E-state index is 14.2. The first kappa shape index (κ1) is 23.7. The Morgan fingerprint density at radius 1 is 1.24 bits per heavy atom. The smallest absolute Gasteiger partial charge is 0.242 e. The molecule has 180 valence electrons. The molecule has 8 heteroatoms. The minimum Gasteiger partial charge on any atom is -0.485 e. The van der Waals surface area contributed by atoms with Gasteiger partial charge in [-0.25, -0.2) is 4.39 Å². The zero-order chi connectivity index (χ0) is 23.6. The van der Waals surface area contributed by atoms with Crippen LogP contribution in [0.1, 0.15) is 40.0 Å². The second-order valence-corrected chi connectivity index (χ2v) is 10.4. The molecule has 1 saturated heterocycles. The predicted octanol–water partition coefficient (Wildman–Crippen LogP) is 2.85. The number of halogens is 1. The third-order valence-electron chi connectivity index (χ3n) is 7.13. The van der Waals surface area contributed by atoms with Crippen LogP contribution in [0.2, 0.25) is 0 Å². The Kier molecular flexibility index (Phi) is 7.05. The third-order valence-corrected chi connectivity index (χ3v) is 7.13. The highest BCUT2D eigenvalue weighted by Gasteiger charge is 2.48. The molecule has 0 unspecified atom stereocenters. The fourth-order valence-corrected chi connectivity index (χ4v) is 5.28. The summed E-state index contributed by atoms with van der Waals surface area (Å²) in [4.78, 5) is 15.0. The molecule has 1 aliphatic carbocycles. The van der Waals surface area contributed by atoms with Crippen LogP contribution in [-0.4, -0.2) is 63.1 Å². The molecule has 0 spiro atoms. The van der Waals surface area contributed by atoms with Crippen molar-refractivity contribution in [3.63, 3.8) is 0 Å². The molecule has 2 N–H and O–H groups in total. The molecule has 7 nitrogen and oxygen atoms in total. The van der Waals surface area contributed by atoms with Gasteiger partial charge < -0.3 is 15.2 Å². The van der Waals surface area contributed by atoms with E-state index in [9.17, 15) is 14.3 Å². The van der Waals surface area contributed by atoms with Crippen molar-refractivity contribution in [2.24, 2.45) is 11.3 Å². The number of hydrogen-bond donors (Lipinski definition) is 2. The van der Waals surface area contributed by atoms with Crippen molar-refractivity contribution in [1.29, 1.82) is 0 Å². The molecule has 1 aromatic heterocycles. The van der Waals surface area contributed by atoms with Gasteiger partial charge in [0, 0.05) is 18.8 Å². The number of ether oxygens (including phenoxy) is 1. The van der Waals surface area contributed by atoms with Gasteiger partial charge in [0.15, 0.2) is 11.6 Å². The van der Waals surface area contributed by atoms with Gasteiger partial charge in [0.05, 0.1) is 12.1 Å². The molecule has 1 aromatic carbocycles. The first-order chi connectivity index (χ1) is 15.7. The first-order valence-electron chi connectivity index (χ1n) is 11.8. The predicted molar refractivity (Wildman–Crippen MR) is 123 cm³/mol. The number of nitrogens with zero attached hydrogens (tertiary/aromatic N) is 3. The fraction of sp³-hybridized carbons (Fsp3) is 0.600. The lowest BCUT2D eigenvalue weighted by Gasteiger charge is -2.43. The number of aromatic nitrogens is 2. The number of para-hydroxylation sites is 1. The van der Waals surface area contributed by atoms with E-state index >= 15 is 0 Å². The summed E-state index contributed by atoms with van der Waals surface area (Å²) in [5.74, 6) is 0.108. The van der Waals surface area contributed by atoms with Gasteiger partial charge in [0.2, 0.25) is 5.91 Å². The molecule has 0 radical (unpaired) electrons. The molecule has 4 rings (SSSR count). The lowest BCUT2D eigenvalue weighted by molar-refractivity contribution is -0.123. The van der Waals surface area contributed by atoms with Gasteiger partial charge in [0.1, 0.15) is 18.8 Å². The molecule has 2 aliphatic rings. The van der Waals surface area contributed by atoms with E-state index in [4.69, 9.17) is 4.74 Å². The summed E-state index contributed by atoms with van der Waals surface area (Å²) in [5.41, 5.74) is 0.244. The van der Waals surface area contributed by atoms with E-state index in [2.05, 4.69) is 36.1 Å². The van der Waals surface area contributed by atoms with E-state index in [1.54, 1.807) is 41.3 Å². The minimum absolute atomic E-state index is 0.108. The average molecular weight is 459 g/mol. The second-order valence-electron chi connectivity index (χ2n) is 10.4. The summed E-state index contributed by atoms with van der Waals surface area (Å²) in [6.07, 6.45) is 4.41. The van der Waals surface area contributed by atoms with Crippen molar-refractivity contribution in [2.75, 3.05) is 13.1 Å². The number of benzene rings is 1. The van der Waals surface area contributed by atoms with E-state index in [1.165, 1.54) is 6.07 Å². The second kappa shape index (κ2) is 9.81. The topological polar surface area (TPSA) is 79.6 Å². The Morgan fingerprint density at radius 3 is 2.61 bits per heavy atom. The van der Waals surface area contributed by atoms with Crippen LogP contribution in [0.3, 0.4) is 0 Å². The van der Waals surface area contributed by atoms with Crippen molar-refractivity contribution in [3.8, 4) is 5.75 Å². The molecule has 2 heterocycles. The first-order valence-corrected chi connectivity index (χ1v) is 11.8. The Balaban J connectivity index is 1.48. The molecule has 1 amide bonds. The maximum Gasteiger partial charge on any atom is 0.242 e. The van der Waals surface area contributed by atoms with Crippen LogP contribution < -0.4 is 10.1 Å². The highest BCUT2D eigenvalue weighted by molar-refractivity contribution is 5.76. The zero-order valence-electron chi connectivity index (χ0n) is 19.7. The zero-order valence-corrected chi connectivity index (χ0v) is 19.7. The maximum atomic E-state index is 14.2. The summed E-state index contributed by atoms with van der Waals surface area (Å²) in [6, 6.07) is 7.40. The van der Waals surface area contributed by atoms with Gasteiger partial charge in [-0.2, -0.15) is 5.10 Å². The minimum atomic E-state index is -0.842. The number of amides is 1. The Labute approximate surface area is 194 Å². The molecule has 1 saturated carbocycles. The van der Waals surface area contributed by atoms with Crippen LogP contribution in [0.4, 0.5) is 4.39 Å². The normalized spacial score (nSPS) is 26.9. The van der Waals surface area contributed by atoms with Crippen molar-refractivity contribution in [1.82, 2.24) is 20.0 Å². The van der Waals surface area contributed by atoms with Gasteiger partial charge in [-0.05, 0) is 55.5 Å². The summed E-state index contributed by atoms with van der Waals surface area (Å²) < 4.78 is 21.7. The molecule has 4 atom stereocenters. The largest absolute Gasteiger partial charge is 0.485 e. The Hall–Kier alpha value is -2.45. The highest BCUT2D eigenvalue weighted by Crippen LogP contribution is 2.37. The van der Waals surface area contributed by atoms with Gasteiger partial charge in [-0.3, -0.25) is 14.4 Å². The van der Waals surface area contributed by atoms with Crippen LogP contribution in [0.15, 0.2) is 42.7 Å². The quantitative estimate of drug-likeness (QED) is 0.696. The third kappa shape index (κ3) is 5.55. The van der Waals surface area contributed by atoms with Crippen molar-refractivity contribution in [3.05, 3.63) is 48.5 Å². The SMILES string of the molecule is CC(C)(C)C1CCN([C@@H]2[C@@H](O)[C@H](Oc3ccccc3F)C[C@H]2NC(=O)Cn2cccn2)CC1. The molecule has 2 aromatic rings. The van der Waals surface area contributed by atoms with Crippen molar-refractivity contribution in [2.45, 2.75) is 70.9 Å². The molecular weight excluding hydrogens is 423 g/mol. The Bertz CT molecular complexity index is 922. The number of nitrogens with one attached hydrogen (secondary N) is 1. The monoisotopic (exact) mass is 458 g/mol. The van der Waals surface area contributed by atoms with Crippen LogP contribution in [-0.2, 0) is 11.3 Å².